The highest BCUT2D eigenvalue weighted by molar-refractivity contribution is 6.33. The summed E-state index contributed by atoms with van der Waals surface area (Å²) in [5.74, 6) is -1.79. The van der Waals surface area contributed by atoms with Crippen LogP contribution in [0.3, 0.4) is 0 Å². The van der Waals surface area contributed by atoms with E-state index in [4.69, 9.17) is 11.6 Å². The van der Waals surface area contributed by atoms with Crippen LogP contribution < -0.4 is 16.0 Å². The van der Waals surface area contributed by atoms with E-state index in [9.17, 15) is 32.7 Å². The molecule has 41 heavy (non-hydrogen) atoms. The van der Waals surface area contributed by atoms with Crippen molar-refractivity contribution in [2.75, 3.05) is 10.6 Å². The summed E-state index contributed by atoms with van der Waals surface area (Å²) in [7, 11) is 0. The van der Waals surface area contributed by atoms with Crippen molar-refractivity contribution in [3.8, 4) is 11.1 Å². The minimum absolute atomic E-state index is 0.0127. The van der Waals surface area contributed by atoms with Crippen molar-refractivity contribution >= 4 is 40.9 Å². The van der Waals surface area contributed by atoms with E-state index in [0.717, 1.165) is 23.8 Å². The van der Waals surface area contributed by atoms with E-state index in [-0.39, 0.29) is 22.8 Å². The van der Waals surface area contributed by atoms with E-state index in [1.54, 1.807) is 54.6 Å². The average Bonchev–Trinajstić information content (AvgIpc) is 2.94. The van der Waals surface area contributed by atoms with E-state index in [0.29, 0.717) is 16.8 Å². The van der Waals surface area contributed by atoms with Crippen molar-refractivity contribution in [1.29, 1.82) is 0 Å². The molecule has 0 saturated heterocycles. The van der Waals surface area contributed by atoms with Crippen molar-refractivity contribution in [3.05, 3.63) is 113 Å². The zero-order chi connectivity index (χ0) is 29.6. The van der Waals surface area contributed by atoms with Gasteiger partial charge in [0.25, 0.3) is 5.91 Å². The number of nitrogens with one attached hydrogen (secondary N) is 3. The Morgan fingerprint density at radius 3 is 2.15 bits per heavy atom. The molecule has 4 rings (SSSR count). The molecule has 4 aromatic rings. The molecule has 1 aromatic heterocycles. The molecule has 0 aliphatic rings. The minimum Gasteiger partial charge on any atom is -0.480 e. The summed E-state index contributed by atoms with van der Waals surface area (Å²) in [4.78, 5) is 40.7. The van der Waals surface area contributed by atoms with Gasteiger partial charge in [-0.2, -0.15) is 13.2 Å². The van der Waals surface area contributed by atoms with E-state index in [2.05, 4.69) is 20.9 Å². The van der Waals surface area contributed by atoms with Crippen LogP contribution in [0, 0.1) is 0 Å². The van der Waals surface area contributed by atoms with E-state index in [1.165, 1.54) is 12.3 Å². The monoisotopic (exact) mass is 582 g/mol. The lowest BCUT2D eigenvalue weighted by Gasteiger charge is -2.14. The number of carbonyl (C=O) groups excluding carboxylic acids is 2. The lowest BCUT2D eigenvalue weighted by atomic mass is 10.1. The molecule has 4 N–H and O–H groups in total. The van der Waals surface area contributed by atoms with Crippen molar-refractivity contribution < 1.29 is 32.7 Å². The Morgan fingerprint density at radius 1 is 0.878 bits per heavy atom. The van der Waals surface area contributed by atoms with Crippen molar-refractivity contribution in [2.24, 2.45) is 0 Å². The number of amides is 3. The van der Waals surface area contributed by atoms with Crippen LogP contribution in [-0.4, -0.2) is 34.0 Å². The third-order valence-corrected chi connectivity index (χ3v) is 6.22. The molecule has 0 saturated carbocycles. The fourth-order valence-electron chi connectivity index (χ4n) is 3.80. The Hall–Kier alpha value is -4.90. The normalized spacial score (nSPS) is 11.8. The molecular formula is C29H22ClF3N4O4. The lowest BCUT2D eigenvalue weighted by molar-refractivity contribution is -0.139. The molecule has 1 atom stereocenters. The lowest BCUT2D eigenvalue weighted by Crippen LogP contribution is -2.42. The largest absolute Gasteiger partial charge is 0.480 e. The fraction of sp³-hybridized carbons (Fsp3) is 0.103. The number of aromatic nitrogens is 1. The van der Waals surface area contributed by atoms with Gasteiger partial charge in [-0.15, -0.1) is 0 Å². The Morgan fingerprint density at radius 2 is 1.56 bits per heavy atom. The van der Waals surface area contributed by atoms with Crippen LogP contribution in [-0.2, 0) is 17.4 Å². The van der Waals surface area contributed by atoms with Gasteiger partial charge in [-0.25, -0.2) is 9.59 Å². The third-order valence-electron chi connectivity index (χ3n) is 5.90. The van der Waals surface area contributed by atoms with Crippen LogP contribution in [0.2, 0.25) is 5.02 Å². The quantitative estimate of drug-likeness (QED) is 0.189. The molecule has 3 amide bonds. The maximum absolute atomic E-state index is 12.8. The predicted octanol–water partition coefficient (Wildman–Crippen LogP) is 6.49. The number of alkyl halides is 3. The summed E-state index contributed by atoms with van der Waals surface area (Å²) >= 11 is 5.87. The summed E-state index contributed by atoms with van der Waals surface area (Å²) in [6.45, 7) is 0. The summed E-state index contributed by atoms with van der Waals surface area (Å²) in [5, 5.41) is 16.7. The van der Waals surface area contributed by atoms with Gasteiger partial charge in [0.15, 0.2) is 0 Å². The van der Waals surface area contributed by atoms with Crippen LogP contribution in [0.25, 0.3) is 11.1 Å². The average molecular weight is 583 g/mol. The first-order valence-corrected chi connectivity index (χ1v) is 12.5. The number of pyridine rings is 1. The van der Waals surface area contributed by atoms with Gasteiger partial charge in [-0.1, -0.05) is 60.1 Å². The van der Waals surface area contributed by atoms with Crippen LogP contribution in [0.1, 0.15) is 21.6 Å². The minimum atomic E-state index is -4.56. The Bertz CT molecular complexity index is 1550. The molecule has 0 spiro atoms. The first kappa shape index (κ1) is 29.1. The molecule has 0 aliphatic carbocycles. The highest BCUT2D eigenvalue weighted by Gasteiger charge is 2.31. The van der Waals surface area contributed by atoms with Gasteiger partial charge in [0.2, 0.25) is 0 Å². The van der Waals surface area contributed by atoms with Gasteiger partial charge in [0.1, 0.15) is 11.7 Å². The standard InChI is InChI=1S/C29H22ClF3N4O4/c30-22-15-20(29(31,32)33)9-13-23(22)37-28(41)35-21-10-6-18(7-11-21)19-8-12-24(34-16-19)26(38)36-25(27(39)40)14-17-4-2-1-3-5-17/h1-13,15-16,25H,14H2,(H,36,38)(H,39,40)(H2,35,37,41)/t25-/m0/s1. The molecular weight excluding hydrogens is 561 g/mol. The number of hydrogen-bond acceptors (Lipinski definition) is 4. The first-order valence-electron chi connectivity index (χ1n) is 12.1. The number of urea groups is 1. The topological polar surface area (TPSA) is 120 Å². The molecule has 0 radical (unpaired) electrons. The summed E-state index contributed by atoms with van der Waals surface area (Å²) < 4.78 is 38.4. The molecule has 0 bridgehead atoms. The number of anilines is 2. The molecule has 12 heteroatoms. The maximum atomic E-state index is 12.8. The molecule has 0 aliphatic heterocycles. The molecule has 0 fully saturated rings. The SMILES string of the molecule is O=C(Nc1ccc(-c2ccc(C(=O)N[C@@H](Cc3ccccc3)C(=O)O)nc2)cc1)Nc1ccc(C(F)(F)F)cc1Cl. The maximum Gasteiger partial charge on any atom is 0.416 e. The number of rotatable bonds is 8. The molecule has 210 valence electrons. The predicted molar refractivity (Wildman–Crippen MR) is 148 cm³/mol. The van der Waals surface area contributed by atoms with Crippen LogP contribution in [0.4, 0.5) is 29.3 Å². The number of carboxylic acids is 1. The fourth-order valence-corrected chi connectivity index (χ4v) is 4.03. The van der Waals surface area contributed by atoms with Gasteiger partial charge in [-0.3, -0.25) is 9.78 Å². The van der Waals surface area contributed by atoms with Crippen molar-refractivity contribution in [3.63, 3.8) is 0 Å². The highest BCUT2D eigenvalue weighted by Crippen LogP contribution is 2.33. The number of aliphatic carboxylic acids is 1. The molecule has 0 unspecified atom stereocenters. The van der Waals surface area contributed by atoms with Crippen molar-refractivity contribution in [2.45, 2.75) is 18.6 Å². The molecule has 8 nitrogen and oxygen atoms in total. The van der Waals surface area contributed by atoms with Gasteiger partial charge in [-0.05, 0) is 47.5 Å². The zero-order valence-corrected chi connectivity index (χ0v) is 21.8. The Labute approximate surface area is 237 Å². The van der Waals surface area contributed by atoms with Crippen LogP contribution in [0.15, 0.2) is 91.1 Å². The van der Waals surface area contributed by atoms with E-state index >= 15 is 0 Å². The second-order valence-electron chi connectivity index (χ2n) is 8.83. The summed E-state index contributed by atoms with van der Waals surface area (Å²) in [6, 6.07) is 19.4. The third kappa shape index (κ3) is 7.83. The zero-order valence-electron chi connectivity index (χ0n) is 21.1. The number of benzene rings is 3. The number of hydrogen-bond donors (Lipinski definition) is 4. The molecule has 1 heterocycles. The Balaban J connectivity index is 1.35. The number of nitrogens with zero attached hydrogens (tertiary/aromatic N) is 1. The van der Waals surface area contributed by atoms with Crippen LogP contribution >= 0.6 is 11.6 Å². The molecule has 3 aromatic carbocycles. The van der Waals surface area contributed by atoms with Gasteiger partial charge >= 0.3 is 18.2 Å². The van der Waals surface area contributed by atoms with Crippen LogP contribution in [0.5, 0.6) is 0 Å². The van der Waals surface area contributed by atoms with Crippen molar-refractivity contribution in [1.82, 2.24) is 10.3 Å². The van der Waals surface area contributed by atoms with E-state index in [1.807, 2.05) is 6.07 Å². The first-order chi connectivity index (χ1) is 19.5. The Kier molecular flexibility index (Phi) is 8.88. The highest BCUT2D eigenvalue weighted by atomic mass is 35.5. The number of halogens is 4. The van der Waals surface area contributed by atoms with Gasteiger partial charge < -0.3 is 21.1 Å². The summed E-state index contributed by atoms with van der Waals surface area (Å²) in [6.07, 6.45) is -2.97. The van der Waals surface area contributed by atoms with E-state index < -0.39 is 35.7 Å². The van der Waals surface area contributed by atoms with Gasteiger partial charge in [0, 0.05) is 23.9 Å². The number of carboxylic acid groups (broad SMARTS) is 1. The van der Waals surface area contributed by atoms with Gasteiger partial charge in [0.05, 0.1) is 16.3 Å². The smallest absolute Gasteiger partial charge is 0.416 e. The summed E-state index contributed by atoms with van der Waals surface area (Å²) in [5.41, 5.74) is 1.67. The second kappa shape index (κ2) is 12.5. The number of carbonyl (C=O) groups is 3. The second-order valence-corrected chi connectivity index (χ2v) is 9.24.